The van der Waals surface area contributed by atoms with E-state index >= 15 is 0 Å². The Kier molecular flexibility index (Phi) is 3.00. The van der Waals surface area contributed by atoms with Crippen LogP contribution in [0.2, 0.25) is 0 Å². The molecule has 1 N–H and O–H groups in total. The monoisotopic (exact) mass is 241 g/mol. The molecule has 4 nitrogen and oxygen atoms in total. The molecule has 0 radical (unpaired) electrons. The van der Waals surface area contributed by atoms with Gasteiger partial charge >= 0.3 is 7.12 Å². The Balaban J connectivity index is 1.72. The second kappa shape index (κ2) is 4.80. The number of benzene rings is 1. The molecule has 0 spiro atoms. The van der Waals surface area contributed by atoms with E-state index in [9.17, 15) is 5.02 Å². The van der Waals surface area contributed by atoms with Crippen LogP contribution in [0.4, 0.5) is 0 Å². The maximum Gasteiger partial charge on any atom is 0.493 e. The lowest BCUT2D eigenvalue weighted by molar-refractivity contribution is 0.272. The Hall–Kier alpha value is -1.85. The van der Waals surface area contributed by atoms with Crippen LogP contribution in [0.25, 0.3) is 0 Å². The van der Waals surface area contributed by atoms with Crippen LogP contribution in [0.5, 0.6) is 5.75 Å². The van der Waals surface area contributed by atoms with Crippen molar-refractivity contribution in [2.75, 3.05) is 0 Å². The van der Waals surface area contributed by atoms with E-state index in [2.05, 4.69) is 4.98 Å². The van der Waals surface area contributed by atoms with Gasteiger partial charge in [0.1, 0.15) is 12.4 Å². The lowest BCUT2D eigenvalue weighted by Gasteiger charge is -2.07. The molecule has 1 aromatic heterocycles. The quantitative estimate of drug-likeness (QED) is 0.810. The molecule has 0 unspecified atom stereocenters. The van der Waals surface area contributed by atoms with Crippen LogP contribution in [-0.2, 0) is 17.9 Å². The van der Waals surface area contributed by atoms with Gasteiger partial charge in [0.25, 0.3) is 0 Å². The van der Waals surface area contributed by atoms with Gasteiger partial charge in [-0.25, -0.2) is 0 Å². The minimum absolute atomic E-state index is 0.357. The molecule has 0 bridgehead atoms. The van der Waals surface area contributed by atoms with Crippen LogP contribution in [0.15, 0.2) is 42.6 Å². The van der Waals surface area contributed by atoms with Gasteiger partial charge in [-0.15, -0.1) is 0 Å². The zero-order chi connectivity index (χ0) is 12.4. The van der Waals surface area contributed by atoms with Crippen molar-refractivity contribution in [1.82, 2.24) is 4.98 Å². The fraction of sp³-hybridized carbons (Fsp3) is 0.154. The van der Waals surface area contributed by atoms with Crippen molar-refractivity contribution in [2.45, 2.75) is 13.2 Å². The van der Waals surface area contributed by atoms with Crippen molar-refractivity contribution in [1.29, 1.82) is 0 Å². The first kappa shape index (κ1) is 11.3. The normalized spacial score (nSPS) is 13.5. The molecule has 1 aliphatic heterocycles. The number of pyridine rings is 1. The lowest BCUT2D eigenvalue weighted by atomic mass is 9.81. The summed E-state index contributed by atoms with van der Waals surface area (Å²) in [5.74, 6) is 0.641. The number of rotatable bonds is 3. The number of hydrogen-bond donors (Lipinski definition) is 1. The van der Waals surface area contributed by atoms with E-state index < -0.39 is 7.12 Å². The maximum absolute atomic E-state index is 9.57. The molecule has 2 heterocycles. The number of nitrogens with zero attached hydrogens (tertiary/aromatic N) is 1. The van der Waals surface area contributed by atoms with Crippen LogP contribution < -0.4 is 10.2 Å². The standard InChI is InChI=1S/C13H12BNO3/c16-14-12-6-11(7-15-13(12)9-18-14)17-8-10-4-2-1-3-5-10/h1-7,16H,8-9H2. The van der Waals surface area contributed by atoms with Gasteiger partial charge in [-0.3, -0.25) is 4.98 Å². The fourth-order valence-electron chi connectivity index (χ4n) is 1.89. The summed E-state index contributed by atoms with van der Waals surface area (Å²) >= 11 is 0. The van der Waals surface area contributed by atoms with Gasteiger partial charge < -0.3 is 14.4 Å². The van der Waals surface area contributed by atoms with Crippen molar-refractivity contribution in [3.05, 3.63) is 53.9 Å². The Morgan fingerprint density at radius 3 is 3.00 bits per heavy atom. The zero-order valence-corrected chi connectivity index (χ0v) is 9.74. The zero-order valence-electron chi connectivity index (χ0n) is 9.74. The van der Waals surface area contributed by atoms with E-state index in [-0.39, 0.29) is 0 Å². The second-order valence-corrected chi connectivity index (χ2v) is 4.14. The third-order valence-corrected chi connectivity index (χ3v) is 2.87. The highest BCUT2D eigenvalue weighted by atomic mass is 16.5. The topological polar surface area (TPSA) is 51.6 Å². The van der Waals surface area contributed by atoms with Gasteiger partial charge in [-0.2, -0.15) is 0 Å². The number of hydrogen-bond acceptors (Lipinski definition) is 4. The van der Waals surface area contributed by atoms with Gasteiger partial charge in [-0.05, 0) is 11.6 Å². The highest BCUT2D eigenvalue weighted by Crippen LogP contribution is 2.14. The molecule has 2 aromatic rings. The first-order valence-corrected chi connectivity index (χ1v) is 5.78. The summed E-state index contributed by atoms with van der Waals surface area (Å²) in [6.07, 6.45) is 1.66. The molecule has 0 amide bonds. The van der Waals surface area contributed by atoms with Crippen molar-refractivity contribution in [3.63, 3.8) is 0 Å². The van der Waals surface area contributed by atoms with Gasteiger partial charge in [0.05, 0.1) is 18.5 Å². The van der Waals surface area contributed by atoms with E-state index in [4.69, 9.17) is 9.39 Å². The first-order valence-electron chi connectivity index (χ1n) is 5.78. The second-order valence-electron chi connectivity index (χ2n) is 4.14. The first-order chi connectivity index (χ1) is 8.83. The van der Waals surface area contributed by atoms with E-state index in [1.807, 2.05) is 30.3 Å². The van der Waals surface area contributed by atoms with Gasteiger partial charge in [0, 0.05) is 5.46 Å². The number of fused-ring (bicyclic) bond motifs is 1. The van der Waals surface area contributed by atoms with E-state index in [0.717, 1.165) is 11.3 Å². The van der Waals surface area contributed by atoms with E-state index in [0.29, 0.717) is 24.4 Å². The lowest BCUT2D eigenvalue weighted by Crippen LogP contribution is -2.28. The van der Waals surface area contributed by atoms with E-state index in [1.165, 1.54) is 0 Å². The number of ether oxygens (including phenoxy) is 1. The average molecular weight is 241 g/mol. The van der Waals surface area contributed by atoms with Crippen molar-refractivity contribution in [3.8, 4) is 5.75 Å². The van der Waals surface area contributed by atoms with Gasteiger partial charge in [0.15, 0.2) is 0 Å². The van der Waals surface area contributed by atoms with Crippen LogP contribution in [-0.4, -0.2) is 17.1 Å². The molecule has 1 aliphatic rings. The molecule has 0 saturated carbocycles. The molecule has 0 aliphatic carbocycles. The summed E-state index contributed by atoms with van der Waals surface area (Å²) in [5, 5.41) is 9.57. The smallest absolute Gasteiger partial charge is 0.487 e. The summed E-state index contributed by atoms with van der Waals surface area (Å²) < 4.78 is 10.7. The Morgan fingerprint density at radius 1 is 1.33 bits per heavy atom. The molecular formula is C13H12BNO3. The summed E-state index contributed by atoms with van der Waals surface area (Å²) in [4.78, 5) is 4.21. The van der Waals surface area contributed by atoms with Crippen molar-refractivity contribution >= 4 is 12.6 Å². The molecule has 1 aromatic carbocycles. The minimum atomic E-state index is -0.882. The average Bonchev–Trinajstić information content (AvgIpc) is 2.79. The van der Waals surface area contributed by atoms with Crippen molar-refractivity contribution < 1.29 is 14.4 Å². The molecule has 90 valence electrons. The summed E-state index contributed by atoms with van der Waals surface area (Å²) in [6.45, 7) is 0.841. The SMILES string of the molecule is OB1OCc2ncc(OCc3ccccc3)cc21. The Labute approximate surface area is 105 Å². The van der Waals surface area contributed by atoms with Crippen LogP contribution in [0.1, 0.15) is 11.3 Å². The van der Waals surface area contributed by atoms with Crippen LogP contribution in [0.3, 0.4) is 0 Å². The highest BCUT2D eigenvalue weighted by molar-refractivity contribution is 6.61. The molecule has 0 saturated heterocycles. The van der Waals surface area contributed by atoms with E-state index in [1.54, 1.807) is 12.3 Å². The molecule has 5 heteroatoms. The Bertz CT molecular complexity index is 547. The van der Waals surface area contributed by atoms with Gasteiger partial charge in [-0.1, -0.05) is 30.3 Å². The predicted molar refractivity (Wildman–Crippen MR) is 67.4 cm³/mol. The maximum atomic E-state index is 9.57. The van der Waals surface area contributed by atoms with Gasteiger partial charge in [0.2, 0.25) is 0 Å². The minimum Gasteiger partial charge on any atom is -0.487 e. The van der Waals surface area contributed by atoms with Crippen molar-refractivity contribution in [2.24, 2.45) is 0 Å². The Morgan fingerprint density at radius 2 is 2.17 bits per heavy atom. The number of aromatic nitrogens is 1. The third-order valence-electron chi connectivity index (χ3n) is 2.87. The predicted octanol–water partition coefficient (Wildman–Crippen LogP) is 0.878. The van der Waals surface area contributed by atoms with Crippen LogP contribution in [0, 0.1) is 0 Å². The summed E-state index contributed by atoms with van der Waals surface area (Å²) in [7, 11) is -0.882. The fourth-order valence-corrected chi connectivity index (χ4v) is 1.89. The highest BCUT2D eigenvalue weighted by Gasteiger charge is 2.28. The molecular weight excluding hydrogens is 229 g/mol. The van der Waals surface area contributed by atoms with Crippen LogP contribution >= 0.6 is 0 Å². The summed E-state index contributed by atoms with van der Waals surface area (Å²) in [5.41, 5.74) is 2.56. The molecule has 0 atom stereocenters. The molecule has 18 heavy (non-hydrogen) atoms. The third kappa shape index (κ3) is 2.23. The summed E-state index contributed by atoms with van der Waals surface area (Å²) in [6, 6.07) is 11.7. The molecule has 0 fully saturated rings. The molecule has 3 rings (SSSR count). The largest absolute Gasteiger partial charge is 0.493 e.